The first-order chi connectivity index (χ1) is 3.93. The molecule has 1 aromatic rings. The van der Waals surface area contributed by atoms with E-state index in [2.05, 4.69) is 18.4 Å². The van der Waals surface area contributed by atoms with Crippen molar-refractivity contribution in [2.75, 3.05) is 6.26 Å². The molecule has 1 aromatic carbocycles. The molecular formula is C7H12O2S. The molecule has 0 radical (unpaired) electrons. The smallest absolute Gasteiger partial charge is 0.00691 e. The van der Waals surface area contributed by atoms with Gasteiger partial charge in [0.15, 0.2) is 0 Å². The van der Waals surface area contributed by atoms with Gasteiger partial charge in [-0.15, -0.1) is 11.8 Å². The molecule has 0 amide bonds. The van der Waals surface area contributed by atoms with Crippen LogP contribution in [0.2, 0.25) is 0 Å². The van der Waals surface area contributed by atoms with Gasteiger partial charge < -0.3 is 11.0 Å². The Morgan fingerprint density at radius 1 is 1.00 bits per heavy atom. The van der Waals surface area contributed by atoms with Gasteiger partial charge in [0, 0.05) is 4.90 Å². The van der Waals surface area contributed by atoms with Crippen molar-refractivity contribution in [3.8, 4) is 0 Å². The fourth-order valence-electron chi connectivity index (χ4n) is 0.557. The van der Waals surface area contributed by atoms with Crippen LogP contribution in [0, 0.1) is 0 Å². The first kappa shape index (κ1) is 12.2. The molecule has 1 rings (SSSR count). The Bertz CT molecular complexity index is 153. The number of hydrogen-bond donors (Lipinski definition) is 0. The zero-order chi connectivity index (χ0) is 5.82. The highest BCUT2D eigenvalue weighted by molar-refractivity contribution is 7.98. The summed E-state index contributed by atoms with van der Waals surface area (Å²) in [6, 6.07) is 10.3. The fraction of sp³-hybridized carbons (Fsp3) is 0.143. The van der Waals surface area contributed by atoms with Crippen LogP contribution in [0.3, 0.4) is 0 Å². The topological polar surface area (TPSA) is 63.0 Å². The molecule has 0 fully saturated rings. The lowest BCUT2D eigenvalue weighted by molar-refractivity contribution is 0.823. The van der Waals surface area contributed by atoms with Crippen molar-refractivity contribution < 1.29 is 11.0 Å². The van der Waals surface area contributed by atoms with E-state index in [9.17, 15) is 0 Å². The Kier molecular flexibility index (Phi) is 8.06. The number of benzene rings is 1. The van der Waals surface area contributed by atoms with Crippen LogP contribution < -0.4 is 0 Å². The predicted molar refractivity (Wildman–Crippen MR) is 45.5 cm³/mol. The van der Waals surface area contributed by atoms with Gasteiger partial charge in [0.25, 0.3) is 0 Å². The molecule has 0 aliphatic carbocycles. The minimum atomic E-state index is 0. The van der Waals surface area contributed by atoms with Crippen LogP contribution in [-0.2, 0) is 0 Å². The van der Waals surface area contributed by atoms with E-state index in [1.807, 2.05) is 18.2 Å². The summed E-state index contributed by atoms with van der Waals surface area (Å²) in [6.07, 6.45) is 2.08. The summed E-state index contributed by atoms with van der Waals surface area (Å²) in [5, 5.41) is 0. The third-order valence-electron chi connectivity index (χ3n) is 0.979. The Morgan fingerprint density at radius 2 is 1.50 bits per heavy atom. The van der Waals surface area contributed by atoms with E-state index in [0.29, 0.717) is 0 Å². The van der Waals surface area contributed by atoms with E-state index in [4.69, 9.17) is 0 Å². The summed E-state index contributed by atoms with van der Waals surface area (Å²) in [4.78, 5) is 1.33. The van der Waals surface area contributed by atoms with Gasteiger partial charge in [-0.05, 0) is 18.4 Å². The van der Waals surface area contributed by atoms with Crippen LogP contribution >= 0.6 is 11.8 Å². The summed E-state index contributed by atoms with van der Waals surface area (Å²) >= 11 is 1.77. The number of thioether (sulfide) groups is 1. The fourth-order valence-corrected chi connectivity index (χ4v) is 0.986. The van der Waals surface area contributed by atoms with Crippen LogP contribution in [0.1, 0.15) is 0 Å². The largest absolute Gasteiger partial charge is 0.412 e. The van der Waals surface area contributed by atoms with Gasteiger partial charge in [-0.25, -0.2) is 0 Å². The zero-order valence-corrected chi connectivity index (χ0v) is 6.61. The zero-order valence-electron chi connectivity index (χ0n) is 5.79. The Morgan fingerprint density at radius 3 is 1.80 bits per heavy atom. The van der Waals surface area contributed by atoms with Crippen molar-refractivity contribution in [3.63, 3.8) is 0 Å². The summed E-state index contributed by atoms with van der Waals surface area (Å²) < 4.78 is 0. The number of rotatable bonds is 1. The molecule has 0 aliphatic rings. The molecule has 0 unspecified atom stereocenters. The van der Waals surface area contributed by atoms with Gasteiger partial charge in [-0.2, -0.15) is 0 Å². The summed E-state index contributed by atoms with van der Waals surface area (Å²) in [7, 11) is 0. The van der Waals surface area contributed by atoms with E-state index >= 15 is 0 Å². The summed E-state index contributed by atoms with van der Waals surface area (Å²) in [5.41, 5.74) is 0. The molecule has 0 heterocycles. The van der Waals surface area contributed by atoms with Gasteiger partial charge in [-0.3, -0.25) is 0 Å². The Hall–Kier alpha value is -0.510. The lowest BCUT2D eigenvalue weighted by Gasteiger charge is -1.89. The molecule has 0 aliphatic heterocycles. The van der Waals surface area contributed by atoms with Crippen molar-refractivity contribution in [3.05, 3.63) is 30.3 Å². The molecule has 58 valence electrons. The maximum Gasteiger partial charge on any atom is 0.00691 e. The van der Waals surface area contributed by atoms with E-state index < -0.39 is 0 Å². The SMILES string of the molecule is CSc1ccccc1.O.O. The van der Waals surface area contributed by atoms with Crippen LogP contribution in [0.15, 0.2) is 35.2 Å². The quantitative estimate of drug-likeness (QED) is 0.559. The van der Waals surface area contributed by atoms with Crippen LogP contribution in [0.4, 0.5) is 0 Å². The highest BCUT2D eigenvalue weighted by Gasteiger charge is 1.80. The average Bonchev–Trinajstić information content (AvgIpc) is 1.90. The first-order valence-corrected chi connectivity index (χ1v) is 3.75. The van der Waals surface area contributed by atoms with E-state index in [1.54, 1.807) is 11.8 Å². The standard InChI is InChI=1S/C7H8S.2H2O/c1-8-7-5-3-2-4-6-7;;/h2-6H,1H3;2*1H2. The van der Waals surface area contributed by atoms with E-state index in [1.165, 1.54) is 4.90 Å². The van der Waals surface area contributed by atoms with Crippen molar-refractivity contribution in [1.29, 1.82) is 0 Å². The number of hydrogen-bond acceptors (Lipinski definition) is 1. The highest BCUT2D eigenvalue weighted by Crippen LogP contribution is 2.11. The van der Waals surface area contributed by atoms with Gasteiger partial charge in [0.1, 0.15) is 0 Å². The van der Waals surface area contributed by atoms with Crippen molar-refractivity contribution >= 4 is 11.8 Å². The highest BCUT2D eigenvalue weighted by atomic mass is 32.2. The average molecular weight is 160 g/mol. The minimum Gasteiger partial charge on any atom is -0.412 e. The first-order valence-electron chi connectivity index (χ1n) is 2.52. The normalized spacial score (nSPS) is 7.30. The van der Waals surface area contributed by atoms with Gasteiger partial charge in [0.2, 0.25) is 0 Å². The predicted octanol–water partition coefficient (Wildman–Crippen LogP) is 0.759. The lowest BCUT2D eigenvalue weighted by Crippen LogP contribution is -1.62. The second-order valence-electron chi connectivity index (χ2n) is 1.52. The molecule has 0 bridgehead atoms. The third kappa shape index (κ3) is 3.50. The van der Waals surface area contributed by atoms with Crippen LogP contribution in [-0.4, -0.2) is 17.2 Å². The summed E-state index contributed by atoms with van der Waals surface area (Å²) in [5.74, 6) is 0. The second-order valence-corrected chi connectivity index (χ2v) is 2.40. The van der Waals surface area contributed by atoms with Crippen molar-refractivity contribution in [2.24, 2.45) is 0 Å². The molecule has 0 saturated carbocycles. The molecule has 3 heteroatoms. The molecule has 0 atom stereocenters. The third-order valence-corrected chi connectivity index (χ3v) is 1.72. The van der Waals surface area contributed by atoms with Crippen molar-refractivity contribution in [2.45, 2.75) is 4.90 Å². The second kappa shape index (κ2) is 6.61. The maximum atomic E-state index is 2.10. The van der Waals surface area contributed by atoms with Gasteiger partial charge in [0.05, 0.1) is 0 Å². The lowest BCUT2D eigenvalue weighted by atomic mass is 10.4. The van der Waals surface area contributed by atoms with Crippen LogP contribution in [0.25, 0.3) is 0 Å². The van der Waals surface area contributed by atoms with E-state index in [-0.39, 0.29) is 11.0 Å². The molecule has 2 nitrogen and oxygen atoms in total. The Labute approximate surface area is 64.9 Å². The Balaban J connectivity index is 0. The minimum absolute atomic E-state index is 0. The summed E-state index contributed by atoms with van der Waals surface area (Å²) in [6.45, 7) is 0. The van der Waals surface area contributed by atoms with Gasteiger partial charge >= 0.3 is 0 Å². The van der Waals surface area contributed by atoms with E-state index in [0.717, 1.165) is 0 Å². The monoisotopic (exact) mass is 160 g/mol. The molecule has 0 saturated heterocycles. The molecule has 0 aromatic heterocycles. The van der Waals surface area contributed by atoms with Crippen LogP contribution in [0.5, 0.6) is 0 Å². The van der Waals surface area contributed by atoms with Gasteiger partial charge in [-0.1, -0.05) is 18.2 Å². The maximum absolute atomic E-state index is 2.10. The molecular weight excluding hydrogens is 148 g/mol. The van der Waals surface area contributed by atoms with Crippen molar-refractivity contribution in [1.82, 2.24) is 0 Å². The molecule has 0 spiro atoms. The molecule has 4 N–H and O–H groups in total. The molecule has 10 heavy (non-hydrogen) atoms.